The maximum Gasteiger partial charge on any atom is 0.409 e. The summed E-state index contributed by atoms with van der Waals surface area (Å²) >= 11 is 0. The summed E-state index contributed by atoms with van der Waals surface area (Å²) in [5, 5.41) is 0. The predicted molar refractivity (Wildman–Crippen MR) is 117 cm³/mol. The average molecular weight is 426 g/mol. The summed E-state index contributed by atoms with van der Waals surface area (Å²) in [7, 11) is 0. The van der Waals surface area contributed by atoms with Gasteiger partial charge in [0.25, 0.3) is 11.8 Å². The second kappa shape index (κ2) is 9.12. The van der Waals surface area contributed by atoms with E-state index in [1.807, 2.05) is 31.2 Å². The van der Waals surface area contributed by atoms with Crippen LogP contribution < -0.4 is 0 Å². The van der Waals surface area contributed by atoms with E-state index in [1.54, 1.807) is 11.8 Å². The van der Waals surface area contributed by atoms with E-state index in [2.05, 4.69) is 4.90 Å². The Labute approximate surface area is 183 Å². The van der Waals surface area contributed by atoms with Crippen molar-refractivity contribution < 1.29 is 19.1 Å². The van der Waals surface area contributed by atoms with Crippen LogP contribution in [0.4, 0.5) is 4.79 Å². The van der Waals surface area contributed by atoms with E-state index < -0.39 is 0 Å². The van der Waals surface area contributed by atoms with Crippen molar-refractivity contribution >= 4 is 23.5 Å². The lowest BCUT2D eigenvalue weighted by Crippen LogP contribution is -2.50. The van der Waals surface area contributed by atoms with Gasteiger partial charge in [-0.05, 0) is 51.5 Å². The molecule has 166 valence electrons. The van der Waals surface area contributed by atoms with Gasteiger partial charge in [-0.15, -0.1) is 0 Å². The molecule has 3 aliphatic heterocycles. The zero-order valence-electron chi connectivity index (χ0n) is 18.4. The first kappa shape index (κ1) is 21.4. The van der Waals surface area contributed by atoms with Gasteiger partial charge in [0, 0.05) is 32.2 Å². The van der Waals surface area contributed by atoms with Crippen molar-refractivity contribution in [1.29, 1.82) is 0 Å². The molecule has 3 aliphatic rings. The van der Waals surface area contributed by atoms with Crippen LogP contribution in [0.3, 0.4) is 0 Å². The van der Waals surface area contributed by atoms with Crippen molar-refractivity contribution in [2.75, 3.05) is 32.8 Å². The molecular weight excluding hydrogens is 394 g/mol. The summed E-state index contributed by atoms with van der Waals surface area (Å²) in [5.74, 6) is -0.388. The summed E-state index contributed by atoms with van der Waals surface area (Å²) in [5.41, 5.74) is 3.00. The van der Waals surface area contributed by atoms with Crippen molar-refractivity contribution in [3.8, 4) is 0 Å². The SMILES string of the molecule is CCOC(=O)N1CCC(N2C(=O)C(c3ccc(C)cc3)=C(N3CCCCC3)C2=O)CC1. The third kappa shape index (κ3) is 4.18. The molecule has 0 radical (unpaired) electrons. The van der Waals surface area contributed by atoms with Crippen molar-refractivity contribution in [1.82, 2.24) is 14.7 Å². The molecule has 0 aromatic heterocycles. The second-order valence-corrected chi connectivity index (χ2v) is 8.53. The molecule has 2 fully saturated rings. The first-order chi connectivity index (χ1) is 15.0. The molecule has 31 heavy (non-hydrogen) atoms. The Morgan fingerprint density at radius 3 is 2.23 bits per heavy atom. The summed E-state index contributed by atoms with van der Waals surface area (Å²) in [4.78, 5) is 44.4. The number of hydrogen-bond donors (Lipinski definition) is 0. The Morgan fingerprint density at radius 2 is 1.61 bits per heavy atom. The smallest absolute Gasteiger partial charge is 0.409 e. The fourth-order valence-corrected chi connectivity index (χ4v) is 4.78. The number of ether oxygens (including phenoxy) is 1. The van der Waals surface area contributed by atoms with Crippen LogP contribution in [0.1, 0.15) is 50.2 Å². The minimum Gasteiger partial charge on any atom is -0.450 e. The van der Waals surface area contributed by atoms with E-state index in [0.29, 0.717) is 43.8 Å². The number of amides is 3. The first-order valence-electron chi connectivity index (χ1n) is 11.4. The number of aryl methyl sites for hydroxylation is 1. The highest BCUT2D eigenvalue weighted by Crippen LogP contribution is 2.36. The average Bonchev–Trinajstić information content (AvgIpc) is 3.05. The largest absolute Gasteiger partial charge is 0.450 e. The predicted octanol–water partition coefficient (Wildman–Crippen LogP) is 3.18. The number of imide groups is 1. The molecule has 0 saturated carbocycles. The molecule has 0 atom stereocenters. The van der Waals surface area contributed by atoms with Gasteiger partial charge < -0.3 is 14.5 Å². The van der Waals surface area contributed by atoms with Crippen LogP contribution in [0.2, 0.25) is 0 Å². The van der Waals surface area contributed by atoms with Crippen LogP contribution in [0.15, 0.2) is 30.0 Å². The lowest BCUT2D eigenvalue weighted by molar-refractivity contribution is -0.141. The molecule has 0 spiro atoms. The van der Waals surface area contributed by atoms with E-state index in [-0.39, 0.29) is 23.9 Å². The van der Waals surface area contributed by atoms with Crippen molar-refractivity contribution in [3.05, 3.63) is 41.1 Å². The molecule has 0 unspecified atom stereocenters. The summed E-state index contributed by atoms with van der Waals surface area (Å²) in [6.45, 7) is 6.71. The second-order valence-electron chi connectivity index (χ2n) is 8.53. The Morgan fingerprint density at radius 1 is 0.968 bits per heavy atom. The van der Waals surface area contributed by atoms with Gasteiger partial charge in [-0.25, -0.2) is 4.79 Å². The highest BCUT2D eigenvalue weighted by atomic mass is 16.6. The van der Waals surface area contributed by atoms with E-state index >= 15 is 0 Å². The van der Waals surface area contributed by atoms with E-state index in [4.69, 9.17) is 4.74 Å². The highest BCUT2D eigenvalue weighted by molar-refractivity contribution is 6.35. The van der Waals surface area contributed by atoms with Gasteiger partial charge in [-0.1, -0.05) is 29.8 Å². The fraction of sp³-hybridized carbons (Fsp3) is 0.542. The normalized spacial score (nSPS) is 20.6. The maximum atomic E-state index is 13.6. The van der Waals surface area contributed by atoms with Gasteiger partial charge >= 0.3 is 6.09 Å². The molecule has 0 N–H and O–H groups in total. The van der Waals surface area contributed by atoms with Crippen LogP contribution in [-0.2, 0) is 14.3 Å². The zero-order chi connectivity index (χ0) is 22.0. The van der Waals surface area contributed by atoms with Crippen LogP contribution >= 0.6 is 0 Å². The molecule has 1 aromatic rings. The minimum atomic E-state index is -0.326. The molecular formula is C24H31N3O4. The van der Waals surface area contributed by atoms with Crippen LogP contribution in [0.25, 0.3) is 5.57 Å². The molecule has 7 nitrogen and oxygen atoms in total. The van der Waals surface area contributed by atoms with E-state index in [0.717, 1.165) is 43.5 Å². The lowest BCUT2D eigenvalue weighted by Gasteiger charge is -2.36. The Hall–Kier alpha value is -2.83. The lowest BCUT2D eigenvalue weighted by atomic mass is 10.0. The third-order valence-corrected chi connectivity index (χ3v) is 6.46. The maximum absolute atomic E-state index is 13.6. The van der Waals surface area contributed by atoms with Crippen LogP contribution in [0.5, 0.6) is 0 Å². The van der Waals surface area contributed by atoms with Gasteiger partial charge in [0.15, 0.2) is 0 Å². The summed E-state index contributed by atoms with van der Waals surface area (Å²) < 4.78 is 5.09. The highest BCUT2D eigenvalue weighted by Gasteiger charge is 2.45. The minimum absolute atomic E-state index is 0.183. The summed E-state index contributed by atoms with van der Waals surface area (Å²) in [6.07, 6.45) is 4.04. The Bertz CT molecular complexity index is 879. The van der Waals surface area contributed by atoms with Gasteiger partial charge in [-0.2, -0.15) is 0 Å². The molecule has 2 saturated heterocycles. The van der Waals surface area contributed by atoms with Crippen molar-refractivity contribution in [2.45, 2.75) is 52.0 Å². The van der Waals surface area contributed by atoms with Crippen molar-refractivity contribution in [2.24, 2.45) is 0 Å². The van der Waals surface area contributed by atoms with E-state index in [9.17, 15) is 14.4 Å². The molecule has 0 aliphatic carbocycles. The number of likely N-dealkylation sites (tertiary alicyclic amines) is 2. The molecule has 7 heteroatoms. The number of rotatable bonds is 4. The molecule has 1 aromatic carbocycles. The number of carbonyl (C=O) groups is 3. The topological polar surface area (TPSA) is 70.2 Å². The van der Waals surface area contributed by atoms with Crippen LogP contribution in [0, 0.1) is 6.92 Å². The number of hydrogen-bond acceptors (Lipinski definition) is 5. The first-order valence-corrected chi connectivity index (χ1v) is 11.4. The summed E-state index contributed by atoms with van der Waals surface area (Å²) in [6, 6.07) is 7.63. The Balaban J connectivity index is 1.59. The standard InChI is InChI=1S/C24H31N3O4/c1-3-31-24(30)26-15-11-19(12-16-26)27-22(28)20(18-9-7-17(2)8-10-18)21(23(27)29)25-13-5-4-6-14-25/h7-10,19H,3-6,11-16H2,1-2H3. The quantitative estimate of drug-likeness (QED) is 0.693. The number of nitrogens with zero attached hydrogens (tertiary/aromatic N) is 3. The van der Waals surface area contributed by atoms with Gasteiger partial charge in [0.2, 0.25) is 0 Å². The zero-order valence-corrected chi connectivity index (χ0v) is 18.4. The molecule has 0 bridgehead atoms. The fourth-order valence-electron chi connectivity index (χ4n) is 4.78. The number of piperidine rings is 2. The van der Waals surface area contributed by atoms with Gasteiger partial charge in [-0.3, -0.25) is 14.5 Å². The van der Waals surface area contributed by atoms with E-state index in [1.165, 1.54) is 4.90 Å². The monoisotopic (exact) mass is 425 g/mol. The van der Waals surface area contributed by atoms with Gasteiger partial charge in [0.1, 0.15) is 5.70 Å². The molecule has 3 amide bonds. The van der Waals surface area contributed by atoms with Crippen molar-refractivity contribution in [3.63, 3.8) is 0 Å². The molecule has 3 heterocycles. The third-order valence-electron chi connectivity index (χ3n) is 6.46. The molecule has 4 rings (SSSR count). The van der Waals surface area contributed by atoms with Gasteiger partial charge in [0.05, 0.1) is 12.2 Å². The number of benzene rings is 1. The van der Waals surface area contributed by atoms with Crippen LogP contribution in [-0.4, -0.2) is 71.4 Å². The number of carbonyl (C=O) groups excluding carboxylic acids is 3. The Kier molecular flexibility index (Phi) is 6.30.